The molecule has 0 bridgehead atoms. The Kier molecular flexibility index (Phi) is 5.62. The summed E-state index contributed by atoms with van der Waals surface area (Å²) in [7, 11) is 0. The standard InChI is InChI=1S/C21H25ClN4S/c1-14-15(2)27-21-19(14)20(23-10-9-16-5-7-17(22)8-6-16)24-18(25-21)13-26-11-3-4-12-26/h5-8H,3-4,9-13H2,1-2H3,(H,23,24,25). The molecule has 0 unspecified atom stereocenters. The number of benzene rings is 1. The van der Waals surface area contributed by atoms with Crippen molar-refractivity contribution >= 4 is 39.0 Å². The van der Waals surface area contributed by atoms with E-state index < -0.39 is 0 Å². The molecule has 1 aliphatic rings. The third-order valence-electron chi connectivity index (χ3n) is 5.26. The zero-order chi connectivity index (χ0) is 18.8. The molecule has 1 saturated heterocycles. The van der Waals surface area contributed by atoms with Crippen LogP contribution < -0.4 is 5.32 Å². The highest BCUT2D eigenvalue weighted by atomic mass is 35.5. The summed E-state index contributed by atoms with van der Waals surface area (Å²) in [5.41, 5.74) is 2.56. The molecule has 2 aromatic heterocycles. The van der Waals surface area contributed by atoms with Crippen LogP contribution in [0.2, 0.25) is 5.02 Å². The summed E-state index contributed by atoms with van der Waals surface area (Å²) in [4.78, 5) is 14.6. The zero-order valence-electron chi connectivity index (χ0n) is 15.9. The normalized spacial score (nSPS) is 14.9. The number of hydrogen-bond acceptors (Lipinski definition) is 5. The van der Waals surface area contributed by atoms with Gasteiger partial charge in [-0.05, 0) is 69.5 Å². The summed E-state index contributed by atoms with van der Waals surface area (Å²) in [5.74, 6) is 1.91. The first-order valence-electron chi connectivity index (χ1n) is 9.57. The number of fused-ring (bicyclic) bond motifs is 1. The van der Waals surface area contributed by atoms with Crippen LogP contribution in [-0.4, -0.2) is 34.5 Å². The number of nitrogens with one attached hydrogen (secondary N) is 1. The molecule has 142 valence electrons. The molecule has 0 radical (unpaired) electrons. The zero-order valence-corrected chi connectivity index (χ0v) is 17.5. The maximum atomic E-state index is 5.98. The Morgan fingerprint density at radius 2 is 1.85 bits per heavy atom. The van der Waals surface area contributed by atoms with E-state index in [1.54, 1.807) is 11.3 Å². The molecular weight excluding hydrogens is 376 g/mol. The predicted molar refractivity (Wildman–Crippen MR) is 115 cm³/mol. The number of anilines is 1. The van der Waals surface area contributed by atoms with Gasteiger partial charge in [-0.25, -0.2) is 9.97 Å². The van der Waals surface area contributed by atoms with Crippen molar-refractivity contribution in [1.29, 1.82) is 0 Å². The highest BCUT2D eigenvalue weighted by Crippen LogP contribution is 2.33. The summed E-state index contributed by atoms with van der Waals surface area (Å²) < 4.78 is 0. The van der Waals surface area contributed by atoms with Crippen LogP contribution in [0.4, 0.5) is 5.82 Å². The summed E-state index contributed by atoms with van der Waals surface area (Å²) in [5, 5.41) is 5.53. The molecule has 4 rings (SSSR count). The minimum absolute atomic E-state index is 0.778. The lowest BCUT2D eigenvalue weighted by Gasteiger charge is -2.15. The van der Waals surface area contributed by atoms with Gasteiger partial charge in [0.05, 0.1) is 11.9 Å². The van der Waals surface area contributed by atoms with Crippen LogP contribution in [-0.2, 0) is 13.0 Å². The van der Waals surface area contributed by atoms with Crippen molar-refractivity contribution < 1.29 is 0 Å². The second-order valence-corrected chi connectivity index (χ2v) is 8.88. The third-order valence-corrected chi connectivity index (χ3v) is 6.61. The number of halogens is 1. The van der Waals surface area contributed by atoms with E-state index in [9.17, 15) is 0 Å². The highest BCUT2D eigenvalue weighted by molar-refractivity contribution is 7.18. The fraction of sp³-hybridized carbons (Fsp3) is 0.429. The fourth-order valence-electron chi connectivity index (χ4n) is 3.61. The minimum atomic E-state index is 0.778. The van der Waals surface area contributed by atoms with E-state index in [-0.39, 0.29) is 0 Å². The second-order valence-electron chi connectivity index (χ2n) is 7.24. The van der Waals surface area contributed by atoms with E-state index in [1.807, 2.05) is 12.1 Å². The van der Waals surface area contributed by atoms with Crippen LogP contribution in [0, 0.1) is 13.8 Å². The van der Waals surface area contributed by atoms with E-state index >= 15 is 0 Å². The first-order chi connectivity index (χ1) is 13.1. The average molecular weight is 401 g/mol. The molecule has 1 N–H and O–H groups in total. The second kappa shape index (κ2) is 8.13. The van der Waals surface area contributed by atoms with Gasteiger partial charge in [0.1, 0.15) is 16.5 Å². The van der Waals surface area contributed by atoms with Gasteiger partial charge >= 0.3 is 0 Å². The van der Waals surface area contributed by atoms with E-state index in [0.717, 1.165) is 54.1 Å². The molecule has 0 spiro atoms. The van der Waals surface area contributed by atoms with Crippen molar-refractivity contribution in [3.8, 4) is 0 Å². The molecule has 4 nitrogen and oxygen atoms in total. The van der Waals surface area contributed by atoms with Gasteiger partial charge in [0.2, 0.25) is 0 Å². The fourth-order valence-corrected chi connectivity index (χ4v) is 4.78. The van der Waals surface area contributed by atoms with Gasteiger partial charge in [-0.3, -0.25) is 4.90 Å². The molecule has 1 aromatic carbocycles. The Hall–Kier alpha value is -1.69. The monoisotopic (exact) mass is 400 g/mol. The number of likely N-dealkylation sites (tertiary alicyclic amines) is 1. The first-order valence-corrected chi connectivity index (χ1v) is 10.8. The minimum Gasteiger partial charge on any atom is -0.369 e. The number of nitrogens with zero attached hydrogens (tertiary/aromatic N) is 3. The van der Waals surface area contributed by atoms with Crippen molar-refractivity contribution in [2.45, 2.75) is 39.7 Å². The number of rotatable bonds is 6. The number of hydrogen-bond donors (Lipinski definition) is 1. The maximum absolute atomic E-state index is 5.98. The summed E-state index contributed by atoms with van der Waals surface area (Å²) in [6, 6.07) is 8.05. The summed E-state index contributed by atoms with van der Waals surface area (Å²) in [6.07, 6.45) is 3.50. The lowest BCUT2D eigenvalue weighted by Crippen LogP contribution is -2.20. The van der Waals surface area contributed by atoms with Crippen molar-refractivity contribution in [3.05, 3.63) is 51.1 Å². The van der Waals surface area contributed by atoms with Gasteiger partial charge in [-0.1, -0.05) is 23.7 Å². The Bertz CT molecular complexity index is 929. The van der Waals surface area contributed by atoms with Crippen molar-refractivity contribution in [1.82, 2.24) is 14.9 Å². The van der Waals surface area contributed by atoms with Crippen LogP contribution in [0.1, 0.15) is 34.7 Å². The van der Waals surface area contributed by atoms with Gasteiger partial charge in [0, 0.05) is 16.4 Å². The molecule has 0 atom stereocenters. The van der Waals surface area contributed by atoms with Gasteiger partial charge in [0.15, 0.2) is 0 Å². The van der Waals surface area contributed by atoms with Crippen LogP contribution in [0.5, 0.6) is 0 Å². The molecule has 1 fully saturated rings. The van der Waals surface area contributed by atoms with Crippen LogP contribution in [0.25, 0.3) is 10.2 Å². The lowest BCUT2D eigenvalue weighted by atomic mass is 10.1. The predicted octanol–water partition coefficient (Wildman–Crippen LogP) is 5.21. The van der Waals surface area contributed by atoms with Gasteiger partial charge in [-0.15, -0.1) is 11.3 Å². The molecule has 3 heterocycles. The van der Waals surface area contributed by atoms with E-state index in [4.69, 9.17) is 21.6 Å². The SMILES string of the molecule is Cc1sc2nc(CN3CCCC3)nc(NCCc3ccc(Cl)cc3)c2c1C. The lowest BCUT2D eigenvalue weighted by molar-refractivity contribution is 0.323. The molecule has 6 heteroatoms. The molecular formula is C21H25ClN4S. The largest absolute Gasteiger partial charge is 0.369 e. The molecule has 3 aromatic rings. The highest BCUT2D eigenvalue weighted by Gasteiger charge is 2.18. The molecule has 0 saturated carbocycles. The Balaban J connectivity index is 1.55. The molecule has 1 aliphatic heterocycles. The first kappa shape index (κ1) is 18.7. The van der Waals surface area contributed by atoms with Crippen molar-refractivity contribution in [2.75, 3.05) is 25.0 Å². The van der Waals surface area contributed by atoms with Crippen LogP contribution >= 0.6 is 22.9 Å². The van der Waals surface area contributed by atoms with Gasteiger partial charge in [0.25, 0.3) is 0 Å². The van der Waals surface area contributed by atoms with Gasteiger partial charge < -0.3 is 5.32 Å². The summed E-state index contributed by atoms with van der Waals surface area (Å²) in [6.45, 7) is 8.33. The van der Waals surface area contributed by atoms with E-state index in [1.165, 1.54) is 34.2 Å². The number of thiophene rings is 1. The molecule has 0 amide bonds. The quantitative estimate of drug-likeness (QED) is 0.616. The maximum Gasteiger partial charge on any atom is 0.146 e. The number of aromatic nitrogens is 2. The molecule has 0 aliphatic carbocycles. The van der Waals surface area contributed by atoms with E-state index in [0.29, 0.717) is 0 Å². The summed E-state index contributed by atoms with van der Waals surface area (Å²) >= 11 is 7.75. The van der Waals surface area contributed by atoms with E-state index in [2.05, 4.69) is 36.2 Å². The smallest absolute Gasteiger partial charge is 0.146 e. The van der Waals surface area contributed by atoms with Crippen LogP contribution in [0.3, 0.4) is 0 Å². The average Bonchev–Trinajstić information content (AvgIpc) is 3.25. The Morgan fingerprint density at radius 1 is 1.11 bits per heavy atom. The third kappa shape index (κ3) is 4.26. The Morgan fingerprint density at radius 3 is 2.59 bits per heavy atom. The Labute approximate surface area is 169 Å². The van der Waals surface area contributed by atoms with Crippen LogP contribution in [0.15, 0.2) is 24.3 Å². The van der Waals surface area contributed by atoms with Crippen molar-refractivity contribution in [3.63, 3.8) is 0 Å². The topological polar surface area (TPSA) is 41.1 Å². The van der Waals surface area contributed by atoms with Gasteiger partial charge in [-0.2, -0.15) is 0 Å². The van der Waals surface area contributed by atoms with Crippen molar-refractivity contribution in [2.24, 2.45) is 0 Å². The number of aryl methyl sites for hydroxylation is 2. The molecule has 27 heavy (non-hydrogen) atoms.